The van der Waals surface area contributed by atoms with E-state index in [1.807, 2.05) is 13.0 Å². The lowest BCUT2D eigenvalue weighted by Gasteiger charge is -2.12. The van der Waals surface area contributed by atoms with Gasteiger partial charge in [-0.2, -0.15) is 0 Å². The predicted octanol–water partition coefficient (Wildman–Crippen LogP) is 3.28. The molecule has 1 aromatic carbocycles. The van der Waals surface area contributed by atoms with Crippen LogP contribution < -0.4 is 5.32 Å². The van der Waals surface area contributed by atoms with Gasteiger partial charge in [0.25, 0.3) is 0 Å². The molecule has 1 aromatic rings. The summed E-state index contributed by atoms with van der Waals surface area (Å²) in [5, 5.41) is 4.23. The minimum atomic E-state index is -0.102. The van der Waals surface area contributed by atoms with E-state index in [4.69, 9.17) is 29.6 Å². The lowest BCUT2D eigenvalue weighted by molar-refractivity contribution is 0.665. The van der Waals surface area contributed by atoms with E-state index >= 15 is 0 Å². The van der Waals surface area contributed by atoms with Crippen LogP contribution in [0.5, 0.6) is 0 Å². The third-order valence-corrected chi connectivity index (χ3v) is 2.59. The molecule has 1 N–H and O–H groups in total. The Morgan fingerprint density at radius 3 is 2.64 bits per heavy atom. The van der Waals surface area contributed by atoms with Gasteiger partial charge in [0.1, 0.15) is 0 Å². The molecule has 0 saturated heterocycles. The average Bonchev–Trinajstić information content (AvgIpc) is 2.19. The number of hydrogen-bond acceptors (Lipinski definition) is 1. The van der Waals surface area contributed by atoms with Crippen LogP contribution in [0.2, 0.25) is 10.0 Å². The van der Waals surface area contributed by atoms with Crippen molar-refractivity contribution in [3.8, 4) is 12.3 Å². The van der Waals surface area contributed by atoms with E-state index in [9.17, 15) is 0 Å². The van der Waals surface area contributed by atoms with Gasteiger partial charge in [-0.25, -0.2) is 0 Å². The maximum absolute atomic E-state index is 5.89. The molecule has 0 fully saturated rings. The van der Waals surface area contributed by atoms with Crippen molar-refractivity contribution in [1.29, 1.82) is 0 Å². The minimum absolute atomic E-state index is 0.102. The minimum Gasteiger partial charge on any atom is -0.300 e. The average molecular weight is 228 g/mol. The molecule has 0 aromatic heterocycles. The van der Waals surface area contributed by atoms with Crippen molar-refractivity contribution in [2.75, 3.05) is 6.54 Å². The molecule has 0 spiro atoms. The molecule has 1 rings (SSSR count). The second-order valence-electron chi connectivity index (χ2n) is 2.83. The number of terminal acetylenes is 1. The molecule has 1 nitrogen and oxygen atoms in total. The number of halogens is 2. The van der Waals surface area contributed by atoms with Gasteiger partial charge in [-0.1, -0.05) is 42.1 Å². The number of nitrogens with one attached hydrogen (secondary N) is 1. The Kier molecular flexibility index (Phi) is 4.28. The zero-order valence-corrected chi connectivity index (χ0v) is 9.36. The summed E-state index contributed by atoms with van der Waals surface area (Å²) in [6.07, 6.45) is 5.39. The van der Waals surface area contributed by atoms with Crippen LogP contribution >= 0.6 is 23.2 Å². The zero-order valence-electron chi connectivity index (χ0n) is 7.85. The van der Waals surface area contributed by atoms with E-state index in [0.717, 1.165) is 12.1 Å². The van der Waals surface area contributed by atoms with Crippen molar-refractivity contribution < 1.29 is 0 Å². The summed E-state index contributed by atoms with van der Waals surface area (Å²) >= 11 is 11.7. The molecule has 0 bridgehead atoms. The van der Waals surface area contributed by atoms with E-state index in [-0.39, 0.29) is 6.04 Å². The predicted molar refractivity (Wildman–Crippen MR) is 61.7 cm³/mol. The smallest absolute Gasteiger partial charge is 0.0943 e. The van der Waals surface area contributed by atoms with Gasteiger partial charge >= 0.3 is 0 Å². The Bertz CT molecular complexity index is 355. The van der Waals surface area contributed by atoms with Crippen LogP contribution in [0.25, 0.3) is 0 Å². The first kappa shape index (κ1) is 11.4. The van der Waals surface area contributed by atoms with Gasteiger partial charge in [0.2, 0.25) is 0 Å². The Morgan fingerprint density at radius 1 is 1.43 bits per heavy atom. The first-order valence-corrected chi connectivity index (χ1v) is 5.09. The molecular formula is C11H11Cl2N. The van der Waals surface area contributed by atoms with Gasteiger partial charge in [-0.05, 0) is 24.2 Å². The maximum Gasteiger partial charge on any atom is 0.0943 e. The highest BCUT2D eigenvalue weighted by molar-refractivity contribution is 6.42. The molecule has 74 valence electrons. The highest BCUT2D eigenvalue weighted by Gasteiger charge is 2.07. The highest BCUT2D eigenvalue weighted by atomic mass is 35.5. The van der Waals surface area contributed by atoms with Crippen LogP contribution in [0.15, 0.2) is 18.2 Å². The fourth-order valence-electron chi connectivity index (χ4n) is 1.17. The second kappa shape index (κ2) is 5.26. The molecule has 14 heavy (non-hydrogen) atoms. The fourth-order valence-corrected chi connectivity index (χ4v) is 1.48. The zero-order chi connectivity index (χ0) is 10.6. The molecule has 0 aliphatic heterocycles. The number of benzene rings is 1. The standard InChI is InChI=1S/C11H11Cl2N/c1-3-11(14-4-2)8-5-6-9(12)10(13)7-8/h1,5-7,11,14H,4H2,2H3. The van der Waals surface area contributed by atoms with E-state index in [0.29, 0.717) is 10.0 Å². The SMILES string of the molecule is C#CC(NCC)c1ccc(Cl)c(Cl)c1. The van der Waals surface area contributed by atoms with Crippen LogP contribution in [-0.4, -0.2) is 6.54 Å². The van der Waals surface area contributed by atoms with Crippen molar-refractivity contribution in [3.05, 3.63) is 33.8 Å². The first-order chi connectivity index (χ1) is 6.69. The normalized spacial score (nSPS) is 12.1. The molecule has 0 amide bonds. The number of rotatable bonds is 3. The van der Waals surface area contributed by atoms with Crippen molar-refractivity contribution in [2.24, 2.45) is 0 Å². The largest absolute Gasteiger partial charge is 0.300 e. The Hall–Kier alpha value is -0.680. The summed E-state index contributed by atoms with van der Waals surface area (Å²) in [6, 6.07) is 5.31. The van der Waals surface area contributed by atoms with Crippen LogP contribution in [0.3, 0.4) is 0 Å². The Labute approximate surface area is 94.4 Å². The van der Waals surface area contributed by atoms with Gasteiger partial charge in [0.15, 0.2) is 0 Å². The van der Waals surface area contributed by atoms with Crippen LogP contribution in [-0.2, 0) is 0 Å². The van der Waals surface area contributed by atoms with Crippen LogP contribution in [0.4, 0.5) is 0 Å². The summed E-state index contributed by atoms with van der Waals surface area (Å²) in [6.45, 7) is 2.82. The first-order valence-electron chi connectivity index (χ1n) is 4.33. The molecule has 0 aliphatic rings. The van der Waals surface area contributed by atoms with Crippen molar-refractivity contribution in [1.82, 2.24) is 5.32 Å². The summed E-state index contributed by atoms with van der Waals surface area (Å²) < 4.78 is 0. The molecular weight excluding hydrogens is 217 g/mol. The van der Waals surface area contributed by atoms with Crippen molar-refractivity contribution in [3.63, 3.8) is 0 Å². The summed E-state index contributed by atoms with van der Waals surface area (Å²) in [4.78, 5) is 0. The Morgan fingerprint density at radius 2 is 2.14 bits per heavy atom. The van der Waals surface area contributed by atoms with Gasteiger partial charge in [-0.15, -0.1) is 6.42 Å². The second-order valence-corrected chi connectivity index (χ2v) is 3.65. The van der Waals surface area contributed by atoms with E-state index in [1.54, 1.807) is 12.1 Å². The summed E-state index contributed by atoms with van der Waals surface area (Å²) in [7, 11) is 0. The lowest BCUT2D eigenvalue weighted by Crippen LogP contribution is -2.19. The molecule has 1 unspecified atom stereocenters. The van der Waals surface area contributed by atoms with Crippen LogP contribution in [0.1, 0.15) is 18.5 Å². The molecule has 0 saturated carbocycles. The summed E-state index contributed by atoms with van der Waals surface area (Å²) in [5.41, 5.74) is 0.962. The van der Waals surface area contributed by atoms with Crippen molar-refractivity contribution >= 4 is 23.2 Å². The molecule has 0 radical (unpaired) electrons. The van der Waals surface area contributed by atoms with E-state index < -0.39 is 0 Å². The van der Waals surface area contributed by atoms with Gasteiger partial charge in [-0.3, -0.25) is 0 Å². The van der Waals surface area contributed by atoms with E-state index in [2.05, 4.69) is 11.2 Å². The van der Waals surface area contributed by atoms with Gasteiger partial charge in [0, 0.05) is 0 Å². The third-order valence-electron chi connectivity index (χ3n) is 1.85. The van der Waals surface area contributed by atoms with Gasteiger partial charge < -0.3 is 5.32 Å². The summed E-state index contributed by atoms with van der Waals surface area (Å²) in [5.74, 6) is 2.65. The van der Waals surface area contributed by atoms with E-state index in [1.165, 1.54) is 0 Å². The number of hydrogen-bond donors (Lipinski definition) is 1. The fraction of sp³-hybridized carbons (Fsp3) is 0.273. The van der Waals surface area contributed by atoms with Crippen LogP contribution in [0, 0.1) is 12.3 Å². The highest BCUT2D eigenvalue weighted by Crippen LogP contribution is 2.25. The molecule has 1 atom stereocenters. The topological polar surface area (TPSA) is 12.0 Å². The Balaban J connectivity index is 2.95. The van der Waals surface area contributed by atoms with Crippen molar-refractivity contribution in [2.45, 2.75) is 13.0 Å². The van der Waals surface area contributed by atoms with Gasteiger partial charge in [0.05, 0.1) is 16.1 Å². The quantitative estimate of drug-likeness (QED) is 0.783. The molecule has 0 heterocycles. The monoisotopic (exact) mass is 227 g/mol. The molecule has 0 aliphatic carbocycles. The molecule has 3 heteroatoms. The third kappa shape index (κ3) is 2.65. The lowest BCUT2D eigenvalue weighted by atomic mass is 10.1. The maximum atomic E-state index is 5.89.